The molecule has 3 N–H and O–H groups in total. The van der Waals surface area contributed by atoms with Crippen LogP contribution in [-0.4, -0.2) is 31.8 Å². The summed E-state index contributed by atoms with van der Waals surface area (Å²) in [4.78, 5) is 11.8. The first-order valence-electron chi connectivity index (χ1n) is 6.53. The Morgan fingerprint density at radius 1 is 1.47 bits per heavy atom. The van der Waals surface area contributed by atoms with Crippen molar-refractivity contribution in [2.75, 3.05) is 25.5 Å². The highest BCUT2D eigenvalue weighted by atomic mass is 16.5. The Morgan fingerprint density at radius 3 is 2.84 bits per heavy atom. The first-order valence-corrected chi connectivity index (χ1v) is 6.53. The summed E-state index contributed by atoms with van der Waals surface area (Å²) in [6.45, 7) is 3.44. The van der Waals surface area contributed by atoms with E-state index in [9.17, 15) is 4.79 Å². The van der Waals surface area contributed by atoms with Crippen molar-refractivity contribution in [1.82, 2.24) is 5.32 Å². The number of nitrogens with one attached hydrogen (secondary N) is 1. The summed E-state index contributed by atoms with van der Waals surface area (Å²) in [6, 6.07) is 7.18. The molecule has 0 spiro atoms. The Bertz CT molecular complexity index is 419. The van der Waals surface area contributed by atoms with Crippen LogP contribution < -0.4 is 15.8 Å². The fourth-order valence-electron chi connectivity index (χ4n) is 2.05. The lowest BCUT2D eigenvalue weighted by Gasteiger charge is -2.10. The Morgan fingerprint density at radius 2 is 2.21 bits per heavy atom. The molecule has 104 valence electrons. The van der Waals surface area contributed by atoms with Gasteiger partial charge in [0.15, 0.2) is 0 Å². The standard InChI is InChI=1S/C14H20N2O3/c1-10-8-11(9-19-10)14(17)16-6-7-18-13-4-2-12(15)3-5-13/h2-5,10-11H,6-9,15H2,1H3,(H,16,17). The maximum atomic E-state index is 11.8. The Balaban J connectivity index is 1.64. The van der Waals surface area contributed by atoms with E-state index >= 15 is 0 Å². The molecule has 0 saturated carbocycles. The molecule has 0 radical (unpaired) electrons. The molecule has 0 aliphatic carbocycles. The fourth-order valence-corrected chi connectivity index (χ4v) is 2.05. The number of carbonyl (C=O) groups is 1. The van der Waals surface area contributed by atoms with Crippen molar-refractivity contribution < 1.29 is 14.3 Å². The van der Waals surface area contributed by atoms with E-state index in [0.717, 1.165) is 12.2 Å². The molecule has 2 unspecified atom stereocenters. The topological polar surface area (TPSA) is 73.6 Å². The van der Waals surface area contributed by atoms with Gasteiger partial charge in [0.1, 0.15) is 12.4 Å². The number of hydrogen-bond donors (Lipinski definition) is 2. The van der Waals surface area contributed by atoms with Crippen LogP contribution in [0, 0.1) is 5.92 Å². The number of carbonyl (C=O) groups excluding carboxylic acids is 1. The number of rotatable bonds is 5. The lowest BCUT2D eigenvalue weighted by molar-refractivity contribution is -0.125. The summed E-state index contributed by atoms with van der Waals surface area (Å²) in [6.07, 6.45) is 0.978. The lowest BCUT2D eigenvalue weighted by atomic mass is 10.1. The van der Waals surface area contributed by atoms with Crippen LogP contribution in [-0.2, 0) is 9.53 Å². The molecule has 1 heterocycles. The van der Waals surface area contributed by atoms with Crippen molar-refractivity contribution in [2.24, 2.45) is 5.92 Å². The SMILES string of the molecule is CC1CC(C(=O)NCCOc2ccc(N)cc2)CO1. The summed E-state index contributed by atoms with van der Waals surface area (Å²) in [7, 11) is 0. The van der Waals surface area contributed by atoms with Crippen LogP contribution in [0.5, 0.6) is 5.75 Å². The normalized spacial score (nSPS) is 22.2. The maximum absolute atomic E-state index is 11.8. The summed E-state index contributed by atoms with van der Waals surface area (Å²) in [5.74, 6) is 0.776. The van der Waals surface area contributed by atoms with E-state index < -0.39 is 0 Å². The molecule has 1 aliphatic heterocycles. The maximum Gasteiger partial charge on any atom is 0.225 e. The minimum atomic E-state index is -0.0217. The van der Waals surface area contributed by atoms with E-state index in [0.29, 0.717) is 25.4 Å². The number of benzene rings is 1. The van der Waals surface area contributed by atoms with Crippen LogP contribution in [0.25, 0.3) is 0 Å². The second kappa shape index (κ2) is 6.43. The third-order valence-corrected chi connectivity index (χ3v) is 3.12. The van der Waals surface area contributed by atoms with E-state index in [1.165, 1.54) is 0 Å². The van der Waals surface area contributed by atoms with Gasteiger partial charge >= 0.3 is 0 Å². The number of nitrogen functional groups attached to an aromatic ring is 1. The molecule has 0 aromatic heterocycles. The van der Waals surface area contributed by atoms with Gasteiger partial charge in [0.2, 0.25) is 5.91 Å². The molecule has 0 bridgehead atoms. The predicted octanol–water partition coefficient (Wildman–Crippen LogP) is 1.19. The summed E-state index contributed by atoms with van der Waals surface area (Å²) in [5, 5.41) is 2.86. The Hall–Kier alpha value is -1.75. The van der Waals surface area contributed by atoms with Crippen LogP contribution in [0.1, 0.15) is 13.3 Å². The van der Waals surface area contributed by atoms with Crippen LogP contribution in [0.3, 0.4) is 0 Å². The zero-order valence-electron chi connectivity index (χ0n) is 11.1. The molecule has 1 aromatic carbocycles. The quantitative estimate of drug-likeness (QED) is 0.619. The highest BCUT2D eigenvalue weighted by molar-refractivity contribution is 5.79. The van der Waals surface area contributed by atoms with Gasteiger partial charge < -0.3 is 20.5 Å². The highest BCUT2D eigenvalue weighted by Crippen LogP contribution is 2.18. The summed E-state index contributed by atoms with van der Waals surface area (Å²) < 4.78 is 10.9. The zero-order valence-corrected chi connectivity index (χ0v) is 11.1. The van der Waals surface area contributed by atoms with Gasteiger partial charge in [-0.05, 0) is 37.6 Å². The number of ether oxygens (including phenoxy) is 2. The van der Waals surface area contributed by atoms with Crippen molar-refractivity contribution in [3.05, 3.63) is 24.3 Å². The lowest BCUT2D eigenvalue weighted by Crippen LogP contribution is -2.34. The molecule has 5 nitrogen and oxygen atoms in total. The molecular weight excluding hydrogens is 244 g/mol. The van der Waals surface area contributed by atoms with E-state index in [2.05, 4.69) is 5.32 Å². The van der Waals surface area contributed by atoms with Crippen LogP contribution in [0.2, 0.25) is 0 Å². The van der Waals surface area contributed by atoms with E-state index in [-0.39, 0.29) is 17.9 Å². The van der Waals surface area contributed by atoms with Gasteiger partial charge in [-0.15, -0.1) is 0 Å². The minimum Gasteiger partial charge on any atom is -0.492 e. The van der Waals surface area contributed by atoms with E-state index in [4.69, 9.17) is 15.2 Å². The van der Waals surface area contributed by atoms with Crippen LogP contribution in [0.4, 0.5) is 5.69 Å². The summed E-state index contributed by atoms with van der Waals surface area (Å²) >= 11 is 0. The smallest absolute Gasteiger partial charge is 0.225 e. The minimum absolute atomic E-state index is 0.0217. The van der Waals surface area contributed by atoms with Gasteiger partial charge in [-0.2, -0.15) is 0 Å². The first-order chi connectivity index (χ1) is 9.15. The van der Waals surface area contributed by atoms with E-state index in [1.807, 2.05) is 19.1 Å². The first kappa shape index (κ1) is 13.7. The highest BCUT2D eigenvalue weighted by Gasteiger charge is 2.27. The van der Waals surface area contributed by atoms with Gasteiger partial charge in [0, 0.05) is 5.69 Å². The Kier molecular flexibility index (Phi) is 4.63. The van der Waals surface area contributed by atoms with Gasteiger partial charge in [0.25, 0.3) is 0 Å². The van der Waals surface area contributed by atoms with Gasteiger partial charge in [-0.25, -0.2) is 0 Å². The molecule has 1 amide bonds. The third-order valence-electron chi connectivity index (χ3n) is 3.12. The molecule has 2 atom stereocenters. The molecule has 2 rings (SSSR count). The van der Waals surface area contributed by atoms with Crippen molar-refractivity contribution in [3.63, 3.8) is 0 Å². The van der Waals surface area contributed by atoms with Crippen LogP contribution in [0.15, 0.2) is 24.3 Å². The average Bonchev–Trinajstić information content (AvgIpc) is 2.83. The number of nitrogens with two attached hydrogens (primary N) is 1. The average molecular weight is 264 g/mol. The van der Waals surface area contributed by atoms with Crippen molar-refractivity contribution >= 4 is 11.6 Å². The fraction of sp³-hybridized carbons (Fsp3) is 0.500. The number of amides is 1. The number of hydrogen-bond acceptors (Lipinski definition) is 4. The zero-order chi connectivity index (χ0) is 13.7. The second-order valence-electron chi connectivity index (χ2n) is 4.79. The number of anilines is 1. The second-order valence-corrected chi connectivity index (χ2v) is 4.79. The molecule has 19 heavy (non-hydrogen) atoms. The molecule has 1 fully saturated rings. The molecule has 5 heteroatoms. The van der Waals surface area contributed by atoms with Gasteiger partial charge in [-0.3, -0.25) is 4.79 Å². The van der Waals surface area contributed by atoms with Gasteiger partial charge in [0.05, 0.1) is 25.2 Å². The monoisotopic (exact) mass is 264 g/mol. The van der Waals surface area contributed by atoms with Gasteiger partial charge in [-0.1, -0.05) is 0 Å². The van der Waals surface area contributed by atoms with E-state index in [1.54, 1.807) is 12.1 Å². The predicted molar refractivity (Wildman–Crippen MR) is 72.9 cm³/mol. The summed E-state index contributed by atoms with van der Waals surface area (Å²) in [5.41, 5.74) is 6.28. The van der Waals surface area contributed by atoms with Crippen molar-refractivity contribution in [3.8, 4) is 5.75 Å². The third kappa shape index (κ3) is 4.13. The molecule has 1 saturated heterocycles. The van der Waals surface area contributed by atoms with Crippen molar-refractivity contribution in [2.45, 2.75) is 19.4 Å². The molecular formula is C14H20N2O3. The Labute approximate surface area is 113 Å². The van der Waals surface area contributed by atoms with Crippen molar-refractivity contribution in [1.29, 1.82) is 0 Å². The molecule has 1 aliphatic rings. The van der Waals surface area contributed by atoms with Crippen LogP contribution >= 0.6 is 0 Å². The largest absolute Gasteiger partial charge is 0.492 e. The molecule has 1 aromatic rings.